The summed E-state index contributed by atoms with van der Waals surface area (Å²) in [4.78, 5) is 38.3. The first-order chi connectivity index (χ1) is 21.6. The van der Waals surface area contributed by atoms with E-state index in [9.17, 15) is 19.0 Å². The maximum Gasteiger partial charge on any atom is 0.330 e. The maximum atomic E-state index is 13.0. The van der Waals surface area contributed by atoms with Crippen LogP contribution in [0.15, 0.2) is 76.6 Å². The van der Waals surface area contributed by atoms with Gasteiger partial charge in [0.1, 0.15) is 23.5 Å². The molecule has 8 rings (SSSR count). The Kier molecular flexibility index (Phi) is 6.37. The standard InChI is InChI=1S/C31H28N5O8P/c1-41-15-31-16-42-26(27(31)44-45(2,39)40)29(43-31)36-13-22(28(37)32-30(36)38)23-14-35(34-33-23)12-20-9-8-19-7-6-17-4-3-5-18-10-11-21(20)25(19)24(17)18/h3-11,13-14,26-27,29H,12,15-16H2,1-2H3,(H,39,40)(H,32,37,38)/t26?,27-,29-,31+/m1/s1. The summed E-state index contributed by atoms with van der Waals surface area (Å²) in [5.74, 6) is 0. The zero-order valence-electron chi connectivity index (χ0n) is 24.2. The molecule has 0 saturated carbocycles. The highest BCUT2D eigenvalue weighted by Gasteiger charge is 2.64. The molecule has 230 valence electrons. The molecule has 14 heteroatoms. The van der Waals surface area contributed by atoms with E-state index in [1.165, 1.54) is 39.4 Å². The Bertz CT molecular complexity index is 2260. The van der Waals surface area contributed by atoms with E-state index >= 15 is 0 Å². The summed E-state index contributed by atoms with van der Waals surface area (Å²) in [6, 6.07) is 19.0. The van der Waals surface area contributed by atoms with Gasteiger partial charge >= 0.3 is 13.3 Å². The molecule has 2 aromatic heterocycles. The van der Waals surface area contributed by atoms with Crippen LogP contribution in [0.25, 0.3) is 43.6 Å². The smallest absolute Gasteiger partial charge is 0.330 e. The average molecular weight is 630 g/mol. The molecule has 4 aromatic carbocycles. The van der Waals surface area contributed by atoms with E-state index in [1.54, 1.807) is 10.9 Å². The lowest BCUT2D eigenvalue weighted by atomic mass is 9.92. The van der Waals surface area contributed by atoms with Gasteiger partial charge < -0.3 is 19.1 Å². The van der Waals surface area contributed by atoms with Gasteiger partial charge in [-0.15, -0.1) is 5.10 Å². The fourth-order valence-corrected chi connectivity index (χ4v) is 7.53. The van der Waals surface area contributed by atoms with Crippen LogP contribution in [0, 0.1) is 0 Å². The van der Waals surface area contributed by atoms with Crippen molar-refractivity contribution < 1.29 is 28.2 Å². The van der Waals surface area contributed by atoms with Crippen LogP contribution in [0.3, 0.4) is 0 Å². The molecule has 2 saturated heterocycles. The zero-order valence-corrected chi connectivity index (χ0v) is 25.1. The van der Waals surface area contributed by atoms with Crippen molar-refractivity contribution in [2.45, 2.75) is 30.6 Å². The van der Waals surface area contributed by atoms with Gasteiger partial charge in [0.25, 0.3) is 5.56 Å². The van der Waals surface area contributed by atoms with Gasteiger partial charge in [0, 0.05) is 20.0 Å². The Labute approximate surface area is 254 Å². The van der Waals surface area contributed by atoms with Crippen molar-refractivity contribution in [2.24, 2.45) is 0 Å². The maximum absolute atomic E-state index is 13.0. The van der Waals surface area contributed by atoms with E-state index in [0.29, 0.717) is 6.54 Å². The van der Waals surface area contributed by atoms with Gasteiger partial charge in [0.05, 0.1) is 31.5 Å². The van der Waals surface area contributed by atoms with Crippen LogP contribution in [-0.2, 0) is 29.8 Å². The van der Waals surface area contributed by atoms with Crippen LogP contribution in [0.2, 0.25) is 0 Å². The number of H-pyrrole nitrogens is 1. The number of hydrogen-bond acceptors (Lipinski definition) is 9. The number of methoxy groups -OCH3 is 1. The molecule has 0 radical (unpaired) electrons. The van der Waals surface area contributed by atoms with Crippen molar-refractivity contribution >= 4 is 39.9 Å². The second kappa shape index (κ2) is 10.1. The number of aromatic amines is 1. The van der Waals surface area contributed by atoms with Crippen molar-refractivity contribution in [3.63, 3.8) is 0 Å². The molecule has 0 amide bonds. The SMILES string of the molecule is COC[C@@]12COC([C@H](n3cc(-c4cn(Cc5ccc6ccc7cccc8ccc5c6c78)nn4)c(=O)[nH]c3=O)O1)[C@H]2OP(C)(=O)O. The molecule has 2 N–H and O–H groups in total. The van der Waals surface area contributed by atoms with Gasteiger partial charge in [-0.05, 0) is 37.9 Å². The van der Waals surface area contributed by atoms with Crippen molar-refractivity contribution in [1.82, 2.24) is 24.5 Å². The van der Waals surface area contributed by atoms with Crippen molar-refractivity contribution in [3.05, 3.63) is 93.4 Å². The lowest BCUT2D eigenvalue weighted by Crippen LogP contribution is -2.46. The highest BCUT2D eigenvalue weighted by molar-refractivity contribution is 7.51. The van der Waals surface area contributed by atoms with E-state index in [2.05, 4.69) is 69.9 Å². The van der Waals surface area contributed by atoms with E-state index in [-0.39, 0.29) is 24.5 Å². The van der Waals surface area contributed by atoms with E-state index in [1.807, 2.05) is 0 Å². The minimum Gasteiger partial charge on any atom is -0.381 e. The van der Waals surface area contributed by atoms with Gasteiger partial charge in [-0.2, -0.15) is 0 Å². The fourth-order valence-electron chi connectivity index (χ4n) is 6.79. The molecule has 5 atom stereocenters. The third-order valence-corrected chi connectivity index (χ3v) is 9.30. The number of rotatable bonds is 8. The van der Waals surface area contributed by atoms with Crippen LogP contribution in [0.5, 0.6) is 0 Å². The van der Waals surface area contributed by atoms with Gasteiger partial charge in [0.15, 0.2) is 6.23 Å². The molecule has 0 spiro atoms. The van der Waals surface area contributed by atoms with Gasteiger partial charge in [-0.1, -0.05) is 59.8 Å². The minimum atomic E-state index is -3.95. The van der Waals surface area contributed by atoms with Crippen LogP contribution >= 0.6 is 7.60 Å². The van der Waals surface area contributed by atoms with Crippen molar-refractivity contribution in [2.75, 3.05) is 27.0 Å². The first kappa shape index (κ1) is 28.3. The van der Waals surface area contributed by atoms with Crippen molar-refractivity contribution in [3.8, 4) is 11.3 Å². The third-order valence-electron chi connectivity index (χ3n) is 8.68. The Hall–Kier alpha value is -4.23. The fraction of sp³-hybridized carbons (Fsp3) is 0.290. The Morgan fingerprint density at radius 3 is 2.56 bits per heavy atom. The van der Waals surface area contributed by atoms with E-state index < -0.39 is 42.9 Å². The summed E-state index contributed by atoms with van der Waals surface area (Å²) >= 11 is 0. The summed E-state index contributed by atoms with van der Waals surface area (Å²) in [7, 11) is -2.50. The molecule has 45 heavy (non-hydrogen) atoms. The third kappa shape index (κ3) is 4.54. The van der Waals surface area contributed by atoms with Gasteiger partial charge in [0.2, 0.25) is 0 Å². The molecule has 2 bridgehead atoms. The summed E-state index contributed by atoms with van der Waals surface area (Å²) in [6.45, 7) is 1.50. The number of benzene rings is 4. The average Bonchev–Trinajstić information content (AvgIpc) is 3.68. The number of fused-ring (bicyclic) bond motifs is 2. The van der Waals surface area contributed by atoms with Crippen LogP contribution in [-0.4, -0.2) is 74.2 Å². The molecule has 0 aliphatic carbocycles. The Morgan fingerprint density at radius 2 is 1.80 bits per heavy atom. The first-order valence-corrected chi connectivity index (χ1v) is 16.3. The zero-order chi connectivity index (χ0) is 31.1. The molecule has 13 nitrogen and oxygen atoms in total. The Morgan fingerprint density at radius 1 is 1.07 bits per heavy atom. The van der Waals surface area contributed by atoms with Crippen LogP contribution in [0.1, 0.15) is 11.8 Å². The molecule has 2 fully saturated rings. The first-order valence-electron chi connectivity index (χ1n) is 14.3. The monoisotopic (exact) mass is 629 g/mol. The van der Waals surface area contributed by atoms with Crippen molar-refractivity contribution in [1.29, 1.82) is 0 Å². The predicted octanol–water partition coefficient (Wildman–Crippen LogP) is 3.25. The predicted molar refractivity (Wildman–Crippen MR) is 165 cm³/mol. The molecular formula is C31H28N5O8P. The Balaban J connectivity index is 1.14. The largest absolute Gasteiger partial charge is 0.381 e. The highest BCUT2D eigenvalue weighted by Crippen LogP contribution is 2.52. The van der Waals surface area contributed by atoms with Crippen LogP contribution in [0.4, 0.5) is 0 Å². The van der Waals surface area contributed by atoms with Gasteiger partial charge in [-0.25, -0.2) is 9.48 Å². The van der Waals surface area contributed by atoms with E-state index in [0.717, 1.165) is 23.0 Å². The molecule has 2 aliphatic rings. The minimum absolute atomic E-state index is 0.00694. The number of ether oxygens (including phenoxy) is 3. The quantitative estimate of drug-likeness (QED) is 0.189. The highest BCUT2D eigenvalue weighted by atomic mass is 31.2. The second-order valence-corrected chi connectivity index (χ2v) is 13.5. The molecule has 4 heterocycles. The molecule has 6 aromatic rings. The summed E-state index contributed by atoms with van der Waals surface area (Å²) in [6.07, 6.45) is 0.00912. The number of nitrogens with zero attached hydrogens (tertiary/aromatic N) is 4. The molecular weight excluding hydrogens is 601 g/mol. The normalized spacial score (nSPS) is 24.3. The summed E-state index contributed by atoms with van der Waals surface area (Å²) in [5.41, 5.74) is -1.25. The lowest BCUT2D eigenvalue weighted by molar-refractivity contribution is -0.190. The number of aromatic nitrogens is 5. The van der Waals surface area contributed by atoms with E-state index in [4.69, 9.17) is 18.7 Å². The summed E-state index contributed by atoms with van der Waals surface area (Å²) < 4.78 is 37.8. The number of hydrogen-bond donors (Lipinski definition) is 2. The van der Waals surface area contributed by atoms with Crippen LogP contribution < -0.4 is 11.2 Å². The lowest BCUT2D eigenvalue weighted by Gasteiger charge is -2.31. The molecule has 2 aliphatic heterocycles. The summed E-state index contributed by atoms with van der Waals surface area (Å²) in [5, 5.41) is 15.6. The number of nitrogens with one attached hydrogen (secondary N) is 1. The molecule has 2 unspecified atom stereocenters. The van der Waals surface area contributed by atoms with Gasteiger partial charge in [-0.3, -0.25) is 23.4 Å². The second-order valence-electron chi connectivity index (χ2n) is 11.7. The topological polar surface area (TPSA) is 160 Å².